The first-order valence-electron chi connectivity index (χ1n) is 7.42. The van der Waals surface area contributed by atoms with E-state index in [1.807, 2.05) is 0 Å². The van der Waals surface area contributed by atoms with Gasteiger partial charge in [-0.25, -0.2) is 17.2 Å². The van der Waals surface area contributed by atoms with Gasteiger partial charge in [-0.15, -0.1) is 0 Å². The number of halogens is 2. The molecule has 2 rings (SSSR count). The van der Waals surface area contributed by atoms with Crippen LogP contribution in [0.2, 0.25) is 0 Å². The second-order valence-corrected chi connectivity index (χ2v) is 7.26. The van der Waals surface area contributed by atoms with E-state index in [1.165, 1.54) is 0 Å². The number of hydrogen-bond donors (Lipinski definition) is 2. The maximum atomic E-state index is 14.5. The molecule has 130 valence electrons. The molecule has 0 aromatic heterocycles. The highest BCUT2D eigenvalue weighted by atomic mass is 32.2. The zero-order valence-electron chi connectivity index (χ0n) is 13.1. The molecule has 1 aliphatic heterocycles. The minimum absolute atomic E-state index is 0.106. The van der Waals surface area contributed by atoms with Crippen molar-refractivity contribution in [1.82, 2.24) is 5.32 Å². The van der Waals surface area contributed by atoms with Crippen molar-refractivity contribution in [2.45, 2.75) is 19.8 Å². The second-order valence-electron chi connectivity index (χ2n) is 5.42. The van der Waals surface area contributed by atoms with Gasteiger partial charge in [0.05, 0.1) is 11.4 Å². The summed E-state index contributed by atoms with van der Waals surface area (Å²) < 4.78 is 54.2. The standard InChI is InChI=1S/C16H18F2N2O3S/c1-2-5-24(22,23)20-15-4-3-14(17)13(16(15)18)7-11-6-12(10-21)9-19-8-11/h3-4,6,8,10,19-20H,2,5,7,9H2,1H3. The van der Waals surface area contributed by atoms with Gasteiger partial charge in [-0.05, 0) is 30.2 Å². The van der Waals surface area contributed by atoms with Gasteiger partial charge >= 0.3 is 0 Å². The third kappa shape index (κ3) is 4.41. The van der Waals surface area contributed by atoms with E-state index in [1.54, 1.807) is 19.2 Å². The molecule has 1 aromatic carbocycles. The fourth-order valence-corrected chi connectivity index (χ4v) is 3.47. The molecule has 0 atom stereocenters. The molecule has 24 heavy (non-hydrogen) atoms. The number of nitrogens with one attached hydrogen (secondary N) is 2. The minimum Gasteiger partial charge on any atom is -0.386 e. The lowest BCUT2D eigenvalue weighted by atomic mass is 10.0. The van der Waals surface area contributed by atoms with Crippen molar-refractivity contribution in [3.05, 3.63) is 52.8 Å². The van der Waals surface area contributed by atoms with Gasteiger partial charge in [0.15, 0.2) is 5.82 Å². The maximum absolute atomic E-state index is 14.5. The van der Waals surface area contributed by atoms with Crippen molar-refractivity contribution in [2.75, 3.05) is 17.0 Å². The number of carbonyl (C=O) groups is 1. The zero-order chi connectivity index (χ0) is 17.7. The summed E-state index contributed by atoms with van der Waals surface area (Å²) in [7, 11) is -3.68. The quantitative estimate of drug-likeness (QED) is 0.735. The molecule has 5 nitrogen and oxygen atoms in total. The summed E-state index contributed by atoms with van der Waals surface area (Å²) in [6, 6.07) is 2.07. The molecular formula is C16H18F2N2O3S. The van der Waals surface area contributed by atoms with E-state index in [-0.39, 0.29) is 23.4 Å². The van der Waals surface area contributed by atoms with Crippen molar-refractivity contribution >= 4 is 22.0 Å². The van der Waals surface area contributed by atoms with Crippen molar-refractivity contribution in [3.63, 3.8) is 0 Å². The molecule has 0 amide bonds. The largest absolute Gasteiger partial charge is 0.386 e. The van der Waals surface area contributed by atoms with E-state index in [4.69, 9.17) is 0 Å². The van der Waals surface area contributed by atoms with Crippen molar-refractivity contribution in [2.24, 2.45) is 0 Å². The number of aldehydes is 1. The summed E-state index contributed by atoms with van der Waals surface area (Å²) in [6.45, 7) is 2.04. The van der Waals surface area contributed by atoms with Crippen LogP contribution in [0.4, 0.5) is 14.5 Å². The number of allylic oxidation sites excluding steroid dienone is 2. The molecular weight excluding hydrogens is 338 g/mol. The fourth-order valence-electron chi connectivity index (χ4n) is 2.34. The van der Waals surface area contributed by atoms with Crippen LogP contribution in [-0.2, 0) is 21.2 Å². The average molecular weight is 356 g/mol. The van der Waals surface area contributed by atoms with Crippen LogP contribution in [0.15, 0.2) is 35.6 Å². The monoisotopic (exact) mass is 356 g/mol. The number of hydrogen-bond acceptors (Lipinski definition) is 4. The fraction of sp³-hybridized carbons (Fsp3) is 0.312. The van der Waals surface area contributed by atoms with Crippen LogP contribution in [-0.4, -0.2) is 27.0 Å². The minimum atomic E-state index is -3.68. The summed E-state index contributed by atoms with van der Waals surface area (Å²) in [5.41, 5.74) is 0.440. The van der Waals surface area contributed by atoms with Crippen LogP contribution in [0.5, 0.6) is 0 Å². The topological polar surface area (TPSA) is 75.3 Å². The lowest BCUT2D eigenvalue weighted by molar-refractivity contribution is -0.105. The first-order chi connectivity index (χ1) is 11.4. The second kappa shape index (κ2) is 7.57. The van der Waals surface area contributed by atoms with E-state index < -0.39 is 21.7 Å². The van der Waals surface area contributed by atoms with Gasteiger partial charge in [0, 0.05) is 30.3 Å². The Morgan fingerprint density at radius 3 is 2.75 bits per heavy atom. The van der Waals surface area contributed by atoms with Gasteiger partial charge in [-0.3, -0.25) is 9.52 Å². The van der Waals surface area contributed by atoms with Crippen LogP contribution in [0, 0.1) is 11.6 Å². The van der Waals surface area contributed by atoms with E-state index in [9.17, 15) is 22.0 Å². The Bertz CT molecular complexity index is 802. The van der Waals surface area contributed by atoms with E-state index >= 15 is 0 Å². The smallest absolute Gasteiger partial charge is 0.232 e. The Morgan fingerprint density at radius 2 is 2.08 bits per heavy atom. The SMILES string of the molecule is CCCS(=O)(=O)Nc1ccc(F)c(CC2=CNCC(C=O)=C2)c1F. The first-order valence-corrected chi connectivity index (χ1v) is 9.07. The first kappa shape index (κ1) is 18.1. The molecule has 0 radical (unpaired) electrons. The third-order valence-electron chi connectivity index (χ3n) is 3.42. The normalized spacial score (nSPS) is 14.5. The number of rotatable bonds is 7. The molecule has 0 saturated heterocycles. The summed E-state index contributed by atoms with van der Waals surface area (Å²) in [5, 5.41) is 2.85. The number of carbonyl (C=O) groups excluding carboxylic acids is 1. The van der Waals surface area contributed by atoms with Crippen molar-refractivity contribution in [1.29, 1.82) is 0 Å². The van der Waals surface area contributed by atoms with Crippen LogP contribution >= 0.6 is 0 Å². The average Bonchev–Trinajstić information content (AvgIpc) is 2.54. The summed E-state index contributed by atoms with van der Waals surface area (Å²) in [5.74, 6) is -1.89. The Labute approximate surface area is 139 Å². The van der Waals surface area contributed by atoms with E-state index in [2.05, 4.69) is 10.0 Å². The Balaban J connectivity index is 2.31. The Morgan fingerprint density at radius 1 is 1.33 bits per heavy atom. The van der Waals surface area contributed by atoms with Gasteiger partial charge in [-0.1, -0.05) is 6.92 Å². The lowest BCUT2D eigenvalue weighted by Crippen LogP contribution is -2.18. The van der Waals surface area contributed by atoms with Gasteiger partial charge in [-0.2, -0.15) is 0 Å². The number of dihydropyridines is 1. The van der Waals surface area contributed by atoms with Gasteiger partial charge in [0.1, 0.15) is 12.1 Å². The highest BCUT2D eigenvalue weighted by Gasteiger charge is 2.19. The van der Waals surface area contributed by atoms with Crippen LogP contribution in [0.3, 0.4) is 0 Å². The molecule has 0 saturated carbocycles. The molecule has 0 aliphatic carbocycles. The predicted octanol–water partition coefficient (Wildman–Crippen LogP) is 2.27. The molecule has 2 N–H and O–H groups in total. The van der Waals surface area contributed by atoms with Gasteiger partial charge in [0.25, 0.3) is 0 Å². The zero-order valence-corrected chi connectivity index (χ0v) is 13.9. The molecule has 0 bridgehead atoms. The summed E-state index contributed by atoms with van der Waals surface area (Å²) in [6.07, 6.45) is 4.06. The van der Waals surface area contributed by atoms with E-state index in [0.29, 0.717) is 30.4 Å². The molecule has 0 spiro atoms. The molecule has 8 heteroatoms. The molecule has 1 aromatic rings. The number of anilines is 1. The number of benzene rings is 1. The highest BCUT2D eigenvalue weighted by molar-refractivity contribution is 7.92. The predicted molar refractivity (Wildman–Crippen MR) is 88.0 cm³/mol. The summed E-state index contributed by atoms with van der Waals surface area (Å²) >= 11 is 0. The lowest BCUT2D eigenvalue weighted by Gasteiger charge is -2.15. The summed E-state index contributed by atoms with van der Waals surface area (Å²) in [4.78, 5) is 10.8. The Kier molecular flexibility index (Phi) is 5.71. The number of sulfonamides is 1. The van der Waals surface area contributed by atoms with Crippen LogP contribution in [0.25, 0.3) is 0 Å². The van der Waals surface area contributed by atoms with Crippen LogP contribution in [0.1, 0.15) is 18.9 Å². The van der Waals surface area contributed by atoms with Gasteiger partial charge in [0.2, 0.25) is 10.0 Å². The van der Waals surface area contributed by atoms with Crippen LogP contribution < -0.4 is 10.0 Å². The van der Waals surface area contributed by atoms with Gasteiger partial charge < -0.3 is 5.32 Å². The molecule has 1 aliphatic rings. The van der Waals surface area contributed by atoms with E-state index in [0.717, 1.165) is 12.1 Å². The molecule has 1 heterocycles. The highest BCUT2D eigenvalue weighted by Crippen LogP contribution is 2.25. The molecule has 0 unspecified atom stereocenters. The maximum Gasteiger partial charge on any atom is 0.232 e. The Hall–Kier alpha value is -2.22. The van der Waals surface area contributed by atoms with Crippen molar-refractivity contribution < 1.29 is 22.0 Å². The molecule has 0 fully saturated rings. The third-order valence-corrected chi connectivity index (χ3v) is 4.90. The van der Waals surface area contributed by atoms with Crippen molar-refractivity contribution in [3.8, 4) is 0 Å².